The van der Waals surface area contributed by atoms with Gasteiger partial charge in [-0.05, 0) is 24.3 Å². The second-order valence-electron chi connectivity index (χ2n) is 3.13. The van der Waals surface area contributed by atoms with Gasteiger partial charge < -0.3 is 10.4 Å². The van der Waals surface area contributed by atoms with Crippen molar-refractivity contribution in [3.63, 3.8) is 0 Å². The van der Waals surface area contributed by atoms with Crippen LogP contribution in [0.5, 0.6) is 0 Å². The van der Waals surface area contributed by atoms with Crippen molar-refractivity contribution < 1.29 is 9.90 Å². The standard InChI is InChI=1S/C10H12BrNO2/c1-7(10(13)14)6-12-9-4-2-8(11)3-5-9/h2-5,7,12H,6H2,1H3,(H,13,14). The maximum Gasteiger partial charge on any atom is 0.308 e. The van der Waals surface area contributed by atoms with Gasteiger partial charge in [0.25, 0.3) is 0 Å². The van der Waals surface area contributed by atoms with E-state index in [1.54, 1.807) is 6.92 Å². The fourth-order valence-electron chi connectivity index (χ4n) is 0.926. The van der Waals surface area contributed by atoms with Gasteiger partial charge in [0, 0.05) is 16.7 Å². The molecule has 1 rings (SSSR count). The summed E-state index contributed by atoms with van der Waals surface area (Å²) in [5, 5.41) is 11.7. The Kier molecular flexibility index (Phi) is 3.95. The first-order valence-electron chi connectivity index (χ1n) is 4.32. The molecule has 0 heterocycles. The third-order valence-electron chi connectivity index (χ3n) is 1.88. The zero-order valence-corrected chi connectivity index (χ0v) is 9.41. The van der Waals surface area contributed by atoms with Crippen LogP contribution in [0.15, 0.2) is 28.7 Å². The normalized spacial score (nSPS) is 12.1. The van der Waals surface area contributed by atoms with Crippen molar-refractivity contribution in [3.8, 4) is 0 Å². The summed E-state index contributed by atoms with van der Waals surface area (Å²) in [6, 6.07) is 7.62. The molecule has 0 aliphatic heterocycles. The maximum atomic E-state index is 10.5. The van der Waals surface area contributed by atoms with Crippen LogP contribution in [0.3, 0.4) is 0 Å². The van der Waals surface area contributed by atoms with E-state index in [1.165, 1.54) is 0 Å². The lowest BCUT2D eigenvalue weighted by Crippen LogP contribution is -2.19. The summed E-state index contributed by atoms with van der Waals surface area (Å²) in [7, 11) is 0. The van der Waals surface area contributed by atoms with E-state index in [1.807, 2.05) is 24.3 Å². The number of carboxylic acid groups (broad SMARTS) is 1. The molecule has 4 heteroatoms. The highest BCUT2D eigenvalue weighted by molar-refractivity contribution is 9.10. The van der Waals surface area contributed by atoms with Crippen molar-refractivity contribution in [1.29, 1.82) is 0 Å². The van der Waals surface area contributed by atoms with Gasteiger partial charge in [0.05, 0.1) is 5.92 Å². The summed E-state index contributed by atoms with van der Waals surface area (Å²) in [5.41, 5.74) is 0.932. The zero-order valence-electron chi connectivity index (χ0n) is 7.83. The quantitative estimate of drug-likeness (QED) is 0.872. The van der Waals surface area contributed by atoms with Crippen LogP contribution in [0.1, 0.15) is 6.92 Å². The summed E-state index contributed by atoms with van der Waals surface area (Å²) in [4.78, 5) is 10.5. The lowest BCUT2D eigenvalue weighted by atomic mass is 10.2. The Bertz CT molecular complexity index is 310. The number of carbonyl (C=O) groups is 1. The molecule has 0 aliphatic carbocycles. The fourth-order valence-corrected chi connectivity index (χ4v) is 1.19. The summed E-state index contributed by atoms with van der Waals surface area (Å²) in [6.07, 6.45) is 0. The summed E-state index contributed by atoms with van der Waals surface area (Å²) >= 11 is 3.33. The SMILES string of the molecule is CC(CNc1ccc(Br)cc1)C(=O)O. The van der Waals surface area contributed by atoms with E-state index in [2.05, 4.69) is 21.2 Å². The molecule has 0 aromatic heterocycles. The van der Waals surface area contributed by atoms with E-state index in [9.17, 15) is 4.79 Å². The van der Waals surface area contributed by atoms with Crippen molar-refractivity contribution in [2.75, 3.05) is 11.9 Å². The molecule has 14 heavy (non-hydrogen) atoms. The van der Waals surface area contributed by atoms with Gasteiger partial charge in [-0.15, -0.1) is 0 Å². The third kappa shape index (κ3) is 3.38. The number of nitrogens with one attached hydrogen (secondary N) is 1. The van der Waals surface area contributed by atoms with Crippen LogP contribution in [0.25, 0.3) is 0 Å². The van der Waals surface area contributed by atoms with Crippen molar-refractivity contribution in [2.45, 2.75) is 6.92 Å². The molecule has 0 fully saturated rings. The molecule has 0 spiro atoms. The molecule has 3 nitrogen and oxygen atoms in total. The number of carboxylic acids is 1. The van der Waals surface area contributed by atoms with Crippen LogP contribution in [0.2, 0.25) is 0 Å². The predicted octanol–water partition coefficient (Wildman–Crippen LogP) is 2.58. The van der Waals surface area contributed by atoms with Crippen molar-refractivity contribution >= 4 is 27.6 Å². The van der Waals surface area contributed by atoms with Gasteiger partial charge in [-0.25, -0.2) is 0 Å². The average Bonchev–Trinajstić information content (AvgIpc) is 2.16. The van der Waals surface area contributed by atoms with Crippen LogP contribution in [0, 0.1) is 5.92 Å². The Labute approximate surface area is 91.3 Å². The number of anilines is 1. The van der Waals surface area contributed by atoms with E-state index in [0.717, 1.165) is 10.2 Å². The Morgan fingerprint density at radius 1 is 1.50 bits per heavy atom. The number of rotatable bonds is 4. The minimum absolute atomic E-state index is 0.376. The Morgan fingerprint density at radius 2 is 2.07 bits per heavy atom. The van der Waals surface area contributed by atoms with Crippen LogP contribution < -0.4 is 5.32 Å². The zero-order chi connectivity index (χ0) is 10.6. The summed E-state index contributed by atoms with van der Waals surface area (Å²) < 4.78 is 1.01. The molecule has 2 N–H and O–H groups in total. The molecule has 1 aromatic carbocycles. The van der Waals surface area contributed by atoms with Crippen molar-refractivity contribution in [1.82, 2.24) is 0 Å². The minimum atomic E-state index is -0.783. The Balaban J connectivity index is 2.46. The first kappa shape index (κ1) is 11.0. The number of benzene rings is 1. The molecule has 0 saturated carbocycles. The molecule has 0 radical (unpaired) electrons. The lowest BCUT2D eigenvalue weighted by Gasteiger charge is -2.09. The van der Waals surface area contributed by atoms with Crippen LogP contribution in [-0.2, 0) is 4.79 Å². The number of hydrogen-bond acceptors (Lipinski definition) is 2. The molecule has 0 saturated heterocycles. The van der Waals surface area contributed by atoms with E-state index >= 15 is 0 Å². The Morgan fingerprint density at radius 3 is 2.57 bits per heavy atom. The smallest absolute Gasteiger partial charge is 0.308 e. The van der Waals surface area contributed by atoms with E-state index in [4.69, 9.17) is 5.11 Å². The largest absolute Gasteiger partial charge is 0.481 e. The molecule has 0 amide bonds. The molecular formula is C10H12BrNO2. The fraction of sp³-hybridized carbons (Fsp3) is 0.300. The monoisotopic (exact) mass is 257 g/mol. The third-order valence-corrected chi connectivity index (χ3v) is 2.41. The van der Waals surface area contributed by atoms with Gasteiger partial charge in [-0.1, -0.05) is 22.9 Å². The predicted molar refractivity (Wildman–Crippen MR) is 59.4 cm³/mol. The van der Waals surface area contributed by atoms with Crippen LogP contribution in [0.4, 0.5) is 5.69 Å². The van der Waals surface area contributed by atoms with Crippen LogP contribution >= 0.6 is 15.9 Å². The second-order valence-corrected chi connectivity index (χ2v) is 4.04. The topological polar surface area (TPSA) is 49.3 Å². The van der Waals surface area contributed by atoms with E-state index < -0.39 is 5.97 Å². The number of aliphatic carboxylic acids is 1. The van der Waals surface area contributed by atoms with Gasteiger partial charge in [0.15, 0.2) is 0 Å². The molecular weight excluding hydrogens is 246 g/mol. The molecule has 0 aliphatic rings. The number of halogens is 1. The highest BCUT2D eigenvalue weighted by Gasteiger charge is 2.09. The van der Waals surface area contributed by atoms with Gasteiger partial charge in [-0.2, -0.15) is 0 Å². The van der Waals surface area contributed by atoms with Gasteiger partial charge in [-0.3, -0.25) is 4.79 Å². The highest BCUT2D eigenvalue weighted by Crippen LogP contribution is 2.14. The minimum Gasteiger partial charge on any atom is -0.481 e. The Hall–Kier alpha value is -1.03. The highest BCUT2D eigenvalue weighted by atomic mass is 79.9. The average molecular weight is 258 g/mol. The first-order chi connectivity index (χ1) is 6.59. The van der Waals surface area contributed by atoms with E-state index in [0.29, 0.717) is 6.54 Å². The molecule has 1 atom stereocenters. The lowest BCUT2D eigenvalue weighted by molar-refractivity contribution is -0.140. The summed E-state index contributed by atoms with van der Waals surface area (Å²) in [5.74, 6) is -1.16. The first-order valence-corrected chi connectivity index (χ1v) is 5.11. The number of hydrogen-bond donors (Lipinski definition) is 2. The van der Waals surface area contributed by atoms with Crippen LogP contribution in [-0.4, -0.2) is 17.6 Å². The van der Waals surface area contributed by atoms with Crippen molar-refractivity contribution in [2.24, 2.45) is 5.92 Å². The van der Waals surface area contributed by atoms with Gasteiger partial charge >= 0.3 is 5.97 Å². The van der Waals surface area contributed by atoms with Crippen molar-refractivity contribution in [3.05, 3.63) is 28.7 Å². The maximum absolute atomic E-state index is 10.5. The van der Waals surface area contributed by atoms with Gasteiger partial charge in [0.2, 0.25) is 0 Å². The second kappa shape index (κ2) is 5.00. The van der Waals surface area contributed by atoms with Gasteiger partial charge in [0.1, 0.15) is 0 Å². The molecule has 1 unspecified atom stereocenters. The molecule has 76 valence electrons. The van der Waals surface area contributed by atoms with E-state index in [-0.39, 0.29) is 5.92 Å². The molecule has 1 aromatic rings. The molecule has 0 bridgehead atoms. The summed E-state index contributed by atoms with van der Waals surface area (Å²) in [6.45, 7) is 2.12.